The molecule has 0 aliphatic carbocycles. The van der Waals surface area contributed by atoms with E-state index in [-0.39, 0.29) is 5.84 Å². The molecule has 0 unspecified atom stereocenters. The highest BCUT2D eigenvalue weighted by molar-refractivity contribution is 7.13. The first kappa shape index (κ1) is 24.9. The minimum Gasteiger partial charge on any atom is -0.481 e. The van der Waals surface area contributed by atoms with Gasteiger partial charge in [0.15, 0.2) is 0 Å². The van der Waals surface area contributed by atoms with Gasteiger partial charge in [-0.2, -0.15) is 0 Å². The Bertz CT molecular complexity index is 1100. The van der Waals surface area contributed by atoms with Crippen LogP contribution in [0.15, 0.2) is 36.4 Å². The quantitative estimate of drug-likeness (QED) is 0.142. The van der Waals surface area contributed by atoms with Crippen LogP contribution in [-0.2, 0) is 20.9 Å². The van der Waals surface area contributed by atoms with Crippen LogP contribution in [0, 0.1) is 5.41 Å². The number of likely N-dealkylation sites (tertiary alicyclic amines) is 1. The predicted octanol–water partition coefficient (Wildman–Crippen LogP) is 1.26. The van der Waals surface area contributed by atoms with Crippen LogP contribution in [0.25, 0.3) is 0 Å². The van der Waals surface area contributed by atoms with Gasteiger partial charge in [0.05, 0.1) is 12.5 Å². The molecule has 0 radical (unpaired) electrons. The maximum Gasteiger partial charge on any atom is 0.353 e. The number of carbonyl (C=O) groups excluding carboxylic acids is 2. The van der Waals surface area contributed by atoms with E-state index in [1.165, 1.54) is 11.3 Å². The second-order valence-electron chi connectivity index (χ2n) is 7.72. The van der Waals surface area contributed by atoms with Crippen molar-refractivity contribution in [2.45, 2.75) is 37.9 Å². The van der Waals surface area contributed by atoms with Crippen molar-refractivity contribution >= 4 is 41.0 Å². The van der Waals surface area contributed by atoms with Crippen molar-refractivity contribution in [2.24, 2.45) is 5.73 Å². The van der Waals surface area contributed by atoms with Gasteiger partial charge in [0.1, 0.15) is 22.5 Å². The number of ether oxygens (including phenoxy) is 1. The number of amides is 1. The number of carboxylic acid groups (broad SMARTS) is 2. The molecule has 0 bridgehead atoms. The van der Waals surface area contributed by atoms with Gasteiger partial charge < -0.3 is 26.0 Å². The first-order chi connectivity index (χ1) is 16.1. The highest BCUT2D eigenvalue weighted by atomic mass is 32.1. The number of hydrogen-bond donors (Lipinski definition) is 5. The largest absolute Gasteiger partial charge is 0.481 e. The van der Waals surface area contributed by atoms with E-state index in [2.05, 4.69) is 5.32 Å². The number of thiophene rings is 1. The molecular formula is C22H24N4O7S. The Morgan fingerprint density at radius 1 is 1.18 bits per heavy atom. The number of rotatable bonds is 10. The molecule has 34 heavy (non-hydrogen) atoms. The summed E-state index contributed by atoms with van der Waals surface area (Å²) in [6.45, 7) is 0.981. The van der Waals surface area contributed by atoms with Gasteiger partial charge in [-0.15, -0.1) is 11.3 Å². The Morgan fingerprint density at radius 2 is 1.88 bits per heavy atom. The Kier molecular flexibility index (Phi) is 7.97. The summed E-state index contributed by atoms with van der Waals surface area (Å²) in [7, 11) is 0. The van der Waals surface area contributed by atoms with Crippen LogP contribution in [0.3, 0.4) is 0 Å². The number of benzene rings is 1. The van der Waals surface area contributed by atoms with Gasteiger partial charge in [-0.1, -0.05) is 0 Å². The maximum atomic E-state index is 12.6. The number of aliphatic carboxylic acids is 2. The van der Waals surface area contributed by atoms with E-state index in [1.54, 1.807) is 36.4 Å². The zero-order chi connectivity index (χ0) is 24.8. The lowest BCUT2D eigenvalue weighted by atomic mass is 10.1. The molecule has 1 aromatic heterocycles. The Morgan fingerprint density at radius 3 is 2.50 bits per heavy atom. The number of amidine groups is 1. The fraction of sp³-hybridized carbons (Fsp3) is 0.318. The summed E-state index contributed by atoms with van der Waals surface area (Å²) in [5.41, 5.74) is 5.92. The fourth-order valence-corrected chi connectivity index (χ4v) is 4.50. The van der Waals surface area contributed by atoms with Crippen molar-refractivity contribution in [3.05, 3.63) is 51.7 Å². The van der Waals surface area contributed by atoms with Crippen molar-refractivity contribution in [1.29, 1.82) is 5.41 Å². The normalized spacial score (nSPS) is 16.5. The van der Waals surface area contributed by atoms with E-state index >= 15 is 0 Å². The zero-order valence-electron chi connectivity index (χ0n) is 18.0. The lowest BCUT2D eigenvalue weighted by molar-refractivity contribution is -0.147. The van der Waals surface area contributed by atoms with Crippen molar-refractivity contribution in [2.75, 3.05) is 6.54 Å². The molecule has 6 N–H and O–H groups in total. The number of nitrogens with two attached hydrogens (primary N) is 1. The molecular weight excluding hydrogens is 464 g/mol. The molecule has 3 rings (SSSR count). The summed E-state index contributed by atoms with van der Waals surface area (Å²) in [5, 5.41) is 27.7. The third-order valence-electron chi connectivity index (χ3n) is 5.26. The molecule has 2 aromatic rings. The van der Waals surface area contributed by atoms with Gasteiger partial charge in [-0.3, -0.25) is 19.9 Å². The standard InChI is InChI=1S/C22H24N4O7S/c23-19(24)12-3-5-13(6-4-12)33-22(32)17-8-7-14(34-17)11-26-9-1-2-16(26)20(29)25-15(21(30)31)10-18(27)28/h3-8,15-16H,1-2,9-11H2,(H3,23,24)(H,25,29)(H,27,28)(H,30,31)/t15-,16+/m1/s1. The molecule has 1 aliphatic rings. The predicted molar refractivity (Wildman–Crippen MR) is 122 cm³/mol. The van der Waals surface area contributed by atoms with E-state index in [4.69, 9.17) is 26.1 Å². The molecule has 2 atom stereocenters. The van der Waals surface area contributed by atoms with Crippen LogP contribution in [0.5, 0.6) is 5.75 Å². The minimum absolute atomic E-state index is 0.0879. The van der Waals surface area contributed by atoms with Gasteiger partial charge in [0.2, 0.25) is 5.91 Å². The molecule has 0 saturated carbocycles. The summed E-state index contributed by atoms with van der Waals surface area (Å²) < 4.78 is 5.35. The third kappa shape index (κ3) is 6.39. The van der Waals surface area contributed by atoms with Gasteiger partial charge >= 0.3 is 17.9 Å². The van der Waals surface area contributed by atoms with Gasteiger partial charge in [-0.05, 0) is 55.8 Å². The number of hydrogen-bond acceptors (Lipinski definition) is 8. The smallest absolute Gasteiger partial charge is 0.353 e. The molecule has 1 aliphatic heterocycles. The second kappa shape index (κ2) is 10.9. The molecule has 1 saturated heterocycles. The zero-order valence-corrected chi connectivity index (χ0v) is 18.8. The fourth-order valence-electron chi connectivity index (χ4n) is 3.59. The van der Waals surface area contributed by atoms with E-state index in [0.29, 0.717) is 35.7 Å². The number of carboxylic acids is 2. The maximum absolute atomic E-state index is 12.6. The number of nitrogen functional groups attached to an aromatic ring is 1. The molecule has 12 heteroatoms. The van der Waals surface area contributed by atoms with Crippen LogP contribution in [0.4, 0.5) is 0 Å². The molecule has 1 amide bonds. The van der Waals surface area contributed by atoms with Crippen LogP contribution < -0.4 is 15.8 Å². The van der Waals surface area contributed by atoms with E-state index < -0.39 is 42.3 Å². The van der Waals surface area contributed by atoms with Crippen LogP contribution >= 0.6 is 11.3 Å². The Labute approximate surface area is 198 Å². The highest BCUT2D eigenvalue weighted by Crippen LogP contribution is 2.25. The van der Waals surface area contributed by atoms with E-state index in [1.807, 2.05) is 4.90 Å². The molecule has 11 nitrogen and oxygen atoms in total. The first-order valence-electron chi connectivity index (χ1n) is 10.4. The first-order valence-corrected chi connectivity index (χ1v) is 11.2. The molecule has 1 fully saturated rings. The van der Waals surface area contributed by atoms with Gasteiger partial charge in [-0.25, -0.2) is 9.59 Å². The lowest BCUT2D eigenvalue weighted by Gasteiger charge is -2.24. The van der Waals surface area contributed by atoms with Crippen molar-refractivity contribution in [3.63, 3.8) is 0 Å². The second-order valence-corrected chi connectivity index (χ2v) is 8.89. The van der Waals surface area contributed by atoms with Crippen molar-refractivity contribution < 1.29 is 34.1 Å². The van der Waals surface area contributed by atoms with Gasteiger partial charge in [0, 0.05) is 17.0 Å². The highest BCUT2D eigenvalue weighted by Gasteiger charge is 2.34. The minimum atomic E-state index is -1.50. The molecule has 2 heterocycles. The number of nitrogens with zero attached hydrogens (tertiary/aromatic N) is 1. The van der Waals surface area contributed by atoms with Crippen LogP contribution in [0.1, 0.15) is 39.4 Å². The van der Waals surface area contributed by atoms with E-state index in [9.17, 15) is 19.2 Å². The summed E-state index contributed by atoms with van der Waals surface area (Å²) >= 11 is 1.22. The average Bonchev–Trinajstić information content (AvgIpc) is 3.43. The Balaban J connectivity index is 1.60. The van der Waals surface area contributed by atoms with Crippen molar-refractivity contribution in [1.82, 2.24) is 10.2 Å². The van der Waals surface area contributed by atoms with Crippen molar-refractivity contribution in [3.8, 4) is 5.75 Å². The molecule has 0 spiro atoms. The number of nitrogens with one attached hydrogen (secondary N) is 2. The third-order valence-corrected chi connectivity index (χ3v) is 6.31. The topological polar surface area (TPSA) is 183 Å². The summed E-state index contributed by atoms with van der Waals surface area (Å²) in [4.78, 5) is 50.3. The summed E-state index contributed by atoms with van der Waals surface area (Å²) in [5.74, 6) is -3.57. The summed E-state index contributed by atoms with van der Waals surface area (Å²) in [6, 6.07) is 7.55. The molecule has 180 valence electrons. The summed E-state index contributed by atoms with van der Waals surface area (Å²) in [6.07, 6.45) is 0.536. The lowest BCUT2D eigenvalue weighted by Crippen LogP contribution is -2.49. The average molecular weight is 489 g/mol. The monoisotopic (exact) mass is 488 g/mol. The number of esters is 1. The molecule has 1 aromatic carbocycles. The van der Waals surface area contributed by atoms with E-state index in [0.717, 1.165) is 11.3 Å². The van der Waals surface area contributed by atoms with Crippen LogP contribution in [-0.4, -0.2) is 63.4 Å². The van der Waals surface area contributed by atoms with Gasteiger partial charge in [0.25, 0.3) is 0 Å². The SMILES string of the molecule is N=C(N)c1ccc(OC(=O)c2ccc(CN3CCC[C@H]3C(=O)N[C@H](CC(=O)O)C(=O)O)s2)cc1. The number of carbonyl (C=O) groups is 4. The van der Waals surface area contributed by atoms with Crippen LogP contribution in [0.2, 0.25) is 0 Å². The Hall–Kier alpha value is -3.77.